The largest absolute Gasteiger partial charge is 0.339 e. The minimum absolute atomic E-state index is 0.108. The molecule has 0 radical (unpaired) electrons. The Morgan fingerprint density at radius 1 is 1.25 bits per heavy atom. The fourth-order valence-electron chi connectivity index (χ4n) is 1.67. The maximum atomic E-state index is 12.0. The molecule has 1 aromatic carbocycles. The molecule has 1 aromatic rings. The van der Waals surface area contributed by atoms with Gasteiger partial charge in [0.2, 0.25) is 5.91 Å². The van der Waals surface area contributed by atoms with Gasteiger partial charge in [0.15, 0.2) is 0 Å². The van der Waals surface area contributed by atoms with Crippen molar-refractivity contribution in [3.63, 3.8) is 0 Å². The number of nitrogens with zero attached hydrogens (tertiary/aromatic N) is 1. The summed E-state index contributed by atoms with van der Waals surface area (Å²) in [7, 11) is 1.88. The van der Waals surface area contributed by atoms with E-state index in [1.54, 1.807) is 0 Å². The molecule has 0 bridgehead atoms. The van der Waals surface area contributed by atoms with E-state index >= 15 is 0 Å². The van der Waals surface area contributed by atoms with Gasteiger partial charge in [0.1, 0.15) is 0 Å². The first-order valence-electron chi connectivity index (χ1n) is 5.89. The lowest BCUT2D eigenvalue weighted by atomic mass is 10.0. The Morgan fingerprint density at radius 3 is 2.31 bits per heavy atom. The molecule has 0 aromatic heterocycles. The predicted octanol–water partition coefficient (Wildman–Crippen LogP) is 3.25. The first kappa shape index (κ1) is 12.8. The molecule has 1 amide bonds. The minimum Gasteiger partial charge on any atom is -0.339 e. The molecule has 0 N–H and O–H groups in total. The normalized spacial score (nSPS) is 14.2. The Morgan fingerprint density at radius 2 is 1.81 bits per heavy atom. The molecule has 16 heavy (non-hydrogen) atoms. The molecule has 0 spiro atoms. The van der Waals surface area contributed by atoms with Gasteiger partial charge in [-0.1, -0.05) is 44.2 Å². The van der Waals surface area contributed by atoms with Crippen LogP contribution in [0, 0.1) is 5.92 Å². The van der Waals surface area contributed by atoms with Gasteiger partial charge in [-0.25, -0.2) is 0 Å². The zero-order valence-electron chi connectivity index (χ0n) is 10.6. The van der Waals surface area contributed by atoms with Crippen molar-refractivity contribution >= 4 is 5.91 Å². The summed E-state index contributed by atoms with van der Waals surface area (Å²) in [6.07, 6.45) is 0.894. The van der Waals surface area contributed by atoms with Crippen LogP contribution in [0.5, 0.6) is 0 Å². The van der Waals surface area contributed by atoms with Crippen molar-refractivity contribution in [3.05, 3.63) is 35.9 Å². The SMILES string of the molecule is CCC(C)C(=O)N(C)C(C)c1ccccc1. The van der Waals surface area contributed by atoms with E-state index in [1.807, 2.05) is 44.0 Å². The van der Waals surface area contributed by atoms with Crippen LogP contribution in [0.25, 0.3) is 0 Å². The Bertz CT molecular complexity index is 334. The van der Waals surface area contributed by atoms with Crippen LogP contribution in [0.2, 0.25) is 0 Å². The number of carbonyl (C=O) groups excluding carboxylic acids is 1. The van der Waals surface area contributed by atoms with Crippen LogP contribution in [0.4, 0.5) is 0 Å². The predicted molar refractivity (Wildman–Crippen MR) is 67.1 cm³/mol. The van der Waals surface area contributed by atoms with E-state index in [1.165, 1.54) is 5.56 Å². The third-order valence-electron chi connectivity index (χ3n) is 3.24. The Hall–Kier alpha value is -1.31. The summed E-state index contributed by atoms with van der Waals surface area (Å²) in [5, 5.41) is 0. The number of hydrogen-bond acceptors (Lipinski definition) is 1. The summed E-state index contributed by atoms with van der Waals surface area (Å²) in [4.78, 5) is 13.9. The summed E-state index contributed by atoms with van der Waals surface area (Å²) in [6.45, 7) is 6.09. The third kappa shape index (κ3) is 2.84. The molecule has 2 nitrogen and oxygen atoms in total. The zero-order valence-corrected chi connectivity index (χ0v) is 10.6. The number of rotatable bonds is 4. The van der Waals surface area contributed by atoms with Gasteiger partial charge in [-0.15, -0.1) is 0 Å². The summed E-state index contributed by atoms with van der Waals surface area (Å²) >= 11 is 0. The van der Waals surface area contributed by atoms with Crippen molar-refractivity contribution in [1.29, 1.82) is 0 Å². The van der Waals surface area contributed by atoms with Crippen molar-refractivity contribution in [2.45, 2.75) is 33.2 Å². The molecule has 0 saturated carbocycles. The van der Waals surface area contributed by atoms with Gasteiger partial charge < -0.3 is 4.90 Å². The highest BCUT2D eigenvalue weighted by atomic mass is 16.2. The quantitative estimate of drug-likeness (QED) is 0.761. The Kier molecular flexibility index (Phi) is 4.53. The van der Waals surface area contributed by atoms with Crippen LogP contribution in [-0.2, 0) is 4.79 Å². The second-order valence-electron chi connectivity index (χ2n) is 4.35. The first-order chi connectivity index (χ1) is 7.57. The average Bonchev–Trinajstić information content (AvgIpc) is 2.36. The molecule has 88 valence electrons. The molecule has 2 atom stereocenters. The lowest BCUT2D eigenvalue weighted by Gasteiger charge is -2.27. The fourth-order valence-corrected chi connectivity index (χ4v) is 1.67. The van der Waals surface area contributed by atoms with E-state index in [-0.39, 0.29) is 17.9 Å². The molecular weight excluding hydrogens is 198 g/mol. The molecule has 2 heteroatoms. The van der Waals surface area contributed by atoms with Crippen molar-refractivity contribution in [2.75, 3.05) is 7.05 Å². The number of hydrogen-bond donors (Lipinski definition) is 0. The maximum Gasteiger partial charge on any atom is 0.225 e. The van der Waals surface area contributed by atoms with Crippen LogP contribution in [0.3, 0.4) is 0 Å². The van der Waals surface area contributed by atoms with Crippen molar-refractivity contribution in [2.24, 2.45) is 5.92 Å². The van der Waals surface area contributed by atoms with Crippen LogP contribution < -0.4 is 0 Å². The topological polar surface area (TPSA) is 20.3 Å². The highest BCUT2D eigenvalue weighted by molar-refractivity contribution is 5.78. The summed E-state index contributed by atoms with van der Waals surface area (Å²) in [6, 6.07) is 10.3. The molecule has 0 aliphatic heterocycles. The number of carbonyl (C=O) groups is 1. The van der Waals surface area contributed by atoms with Crippen LogP contribution in [0.1, 0.15) is 38.8 Å². The van der Waals surface area contributed by atoms with E-state index in [0.29, 0.717) is 0 Å². The number of amides is 1. The lowest BCUT2D eigenvalue weighted by molar-refractivity contribution is -0.135. The monoisotopic (exact) mass is 219 g/mol. The fraction of sp³-hybridized carbons (Fsp3) is 0.500. The summed E-state index contributed by atoms with van der Waals surface area (Å²) < 4.78 is 0. The highest BCUT2D eigenvalue weighted by Gasteiger charge is 2.20. The van der Waals surface area contributed by atoms with Crippen LogP contribution in [-0.4, -0.2) is 17.9 Å². The van der Waals surface area contributed by atoms with Gasteiger partial charge in [-0.2, -0.15) is 0 Å². The van der Waals surface area contributed by atoms with Gasteiger partial charge in [0.25, 0.3) is 0 Å². The van der Waals surface area contributed by atoms with Gasteiger partial charge in [-0.3, -0.25) is 4.79 Å². The van der Waals surface area contributed by atoms with E-state index in [4.69, 9.17) is 0 Å². The second kappa shape index (κ2) is 5.69. The maximum absolute atomic E-state index is 12.0. The van der Waals surface area contributed by atoms with Gasteiger partial charge in [0.05, 0.1) is 6.04 Å². The molecule has 0 aliphatic carbocycles. The minimum atomic E-state index is 0.108. The van der Waals surface area contributed by atoms with E-state index < -0.39 is 0 Å². The van der Waals surface area contributed by atoms with Gasteiger partial charge >= 0.3 is 0 Å². The highest BCUT2D eigenvalue weighted by Crippen LogP contribution is 2.20. The zero-order chi connectivity index (χ0) is 12.1. The molecule has 0 fully saturated rings. The van der Waals surface area contributed by atoms with E-state index in [0.717, 1.165) is 6.42 Å². The van der Waals surface area contributed by atoms with Crippen molar-refractivity contribution in [1.82, 2.24) is 4.90 Å². The molecule has 0 saturated heterocycles. The van der Waals surface area contributed by atoms with Crippen molar-refractivity contribution < 1.29 is 4.79 Å². The third-order valence-corrected chi connectivity index (χ3v) is 3.24. The Labute approximate surface area is 98.3 Å². The number of benzene rings is 1. The van der Waals surface area contributed by atoms with E-state index in [2.05, 4.69) is 19.1 Å². The molecule has 1 rings (SSSR count). The van der Waals surface area contributed by atoms with Gasteiger partial charge in [-0.05, 0) is 18.9 Å². The molecule has 2 unspecified atom stereocenters. The standard InChI is InChI=1S/C14H21NO/c1-5-11(2)14(16)15(4)12(3)13-9-7-6-8-10-13/h6-12H,5H2,1-4H3. The molecular formula is C14H21NO. The summed E-state index contributed by atoms with van der Waals surface area (Å²) in [5.41, 5.74) is 1.18. The lowest BCUT2D eigenvalue weighted by Crippen LogP contribution is -2.33. The van der Waals surface area contributed by atoms with Gasteiger partial charge in [0, 0.05) is 13.0 Å². The van der Waals surface area contributed by atoms with Crippen LogP contribution >= 0.6 is 0 Å². The smallest absolute Gasteiger partial charge is 0.225 e. The van der Waals surface area contributed by atoms with Crippen LogP contribution in [0.15, 0.2) is 30.3 Å². The van der Waals surface area contributed by atoms with Crippen molar-refractivity contribution in [3.8, 4) is 0 Å². The summed E-state index contributed by atoms with van der Waals surface area (Å²) in [5.74, 6) is 0.329. The van der Waals surface area contributed by atoms with E-state index in [9.17, 15) is 4.79 Å². The molecule has 0 aliphatic rings. The second-order valence-corrected chi connectivity index (χ2v) is 4.35. The average molecular weight is 219 g/mol. The molecule has 0 heterocycles. The first-order valence-corrected chi connectivity index (χ1v) is 5.89. The Balaban J connectivity index is 2.75.